The first-order valence-electron chi connectivity index (χ1n) is 6.75. The van der Waals surface area contributed by atoms with Gasteiger partial charge in [-0.1, -0.05) is 6.42 Å². The highest BCUT2D eigenvalue weighted by molar-refractivity contribution is 5.81. The first-order valence-corrected chi connectivity index (χ1v) is 6.75. The number of urea groups is 1. The van der Waals surface area contributed by atoms with Crippen LogP contribution in [0.15, 0.2) is 0 Å². The minimum Gasteiger partial charge on any atom is -0.338 e. The fourth-order valence-electron chi connectivity index (χ4n) is 3.33. The van der Waals surface area contributed by atoms with Crippen molar-refractivity contribution < 1.29 is 9.59 Å². The van der Waals surface area contributed by atoms with Gasteiger partial charge in [-0.2, -0.15) is 0 Å². The van der Waals surface area contributed by atoms with Crippen LogP contribution in [0.3, 0.4) is 0 Å². The Hall–Kier alpha value is -1.30. The molecule has 6 heteroatoms. The normalized spacial score (nSPS) is 35.6. The highest BCUT2D eigenvalue weighted by Gasteiger charge is 2.40. The molecule has 3 unspecified atom stereocenters. The van der Waals surface area contributed by atoms with Crippen molar-refractivity contribution in [1.29, 1.82) is 0 Å². The van der Waals surface area contributed by atoms with E-state index in [-0.39, 0.29) is 29.9 Å². The Bertz CT molecular complexity index is 373. The van der Waals surface area contributed by atoms with Gasteiger partial charge in [-0.25, -0.2) is 4.79 Å². The Morgan fingerprint density at radius 3 is 2.89 bits per heavy atom. The molecule has 3 aliphatic rings. The summed E-state index contributed by atoms with van der Waals surface area (Å²) in [5, 5.41) is 2.82. The fourth-order valence-corrected chi connectivity index (χ4v) is 3.33. The van der Waals surface area contributed by atoms with E-state index in [1.165, 1.54) is 0 Å². The van der Waals surface area contributed by atoms with E-state index in [2.05, 4.69) is 5.32 Å². The molecule has 1 aliphatic carbocycles. The number of amides is 3. The van der Waals surface area contributed by atoms with Crippen LogP contribution < -0.4 is 11.1 Å². The molecule has 3 atom stereocenters. The minimum atomic E-state index is 0.00149. The predicted octanol–water partition coefficient (Wildman–Crippen LogP) is -0.650. The largest absolute Gasteiger partial charge is 0.338 e. The van der Waals surface area contributed by atoms with E-state index >= 15 is 0 Å². The van der Waals surface area contributed by atoms with Crippen molar-refractivity contribution in [3.05, 3.63) is 0 Å². The lowest BCUT2D eigenvalue weighted by Crippen LogP contribution is -2.55. The number of fused-ring (bicyclic) bond motifs is 1. The van der Waals surface area contributed by atoms with E-state index in [1.807, 2.05) is 9.80 Å². The summed E-state index contributed by atoms with van der Waals surface area (Å²) in [6.07, 6.45) is 2.93. The van der Waals surface area contributed by atoms with Crippen LogP contribution in [0.25, 0.3) is 0 Å². The Labute approximate surface area is 106 Å². The van der Waals surface area contributed by atoms with Gasteiger partial charge in [0.25, 0.3) is 0 Å². The molecule has 0 aromatic heterocycles. The highest BCUT2D eigenvalue weighted by Crippen LogP contribution is 2.27. The molecular weight excluding hydrogens is 232 g/mol. The van der Waals surface area contributed by atoms with Gasteiger partial charge in [0.1, 0.15) is 0 Å². The van der Waals surface area contributed by atoms with Gasteiger partial charge in [-0.05, 0) is 12.8 Å². The molecule has 0 aromatic rings. The van der Waals surface area contributed by atoms with Crippen LogP contribution >= 0.6 is 0 Å². The van der Waals surface area contributed by atoms with Crippen LogP contribution in [0, 0.1) is 5.92 Å². The number of nitrogens with two attached hydrogens (primary N) is 1. The quantitative estimate of drug-likeness (QED) is 0.651. The third-order valence-corrected chi connectivity index (χ3v) is 4.43. The second-order valence-electron chi connectivity index (χ2n) is 5.52. The Morgan fingerprint density at radius 1 is 1.33 bits per heavy atom. The van der Waals surface area contributed by atoms with Gasteiger partial charge >= 0.3 is 6.03 Å². The molecule has 0 bridgehead atoms. The number of hydrogen-bond acceptors (Lipinski definition) is 3. The van der Waals surface area contributed by atoms with E-state index in [9.17, 15) is 9.59 Å². The average Bonchev–Trinajstić information content (AvgIpc) is 2.95. The smallest absolute Gasteiger partial charge is 0.317 e. The SMILES string of the molecule is NC1CCCC1C(=O)N1CCN2C(=O)NCC2C1. The van der Waals surface area contributed by atoms with Crippen molar-refractivity contribution in [2.45, 2.75) is 31.3 Å². The van der Waals surface area contributed by atoms with Crippen LogP contribution in [0.5, 0.6) is 0 Å². The number of carbonyl (C=O) groups excluding carboxylic acids is 2. The second-order valence-corrected chi connectivity index (χ2v) is 5.52. The molecule has 3 fully saturated rings. The summed E-state index contributed by atoms with van der Waals surface area (Å²) in [4.78, 5) is 27.6. The molecule has 0 aromatic carbocycles. The van der Waals surface area contributed by atoms with Crippen LogP contribution in [-0.4, -0.2) is 60.0 Å². The molecule has 3 amide bonds. The molecule has 18 heavy (non-hydrogen) atoms. The molecule has 2 heterocycles. The molecule has 2 saturated heterocycles. The standard InChI is InChI=1S/C12H20N4O2/c13-10-3-1-2-9(10)11(17)15-4-5-16-8(7-15)6-14-12(16)18/h8-10H,1-7,13H2,(H,14,18). The average molecular weight is 252 g/mol. The molecule has 1 saturated carbocycles. The topological polar surface area (TPSA) is 78.7 Å². The van der Waals surface area contributed by atoms with Gasteiger partial charge in [0.05, 0.1) is 12.0 Å². The molecule has 0 radical (unpaired) electrons. The number of nitrogens with one attached hydrogen (secondary N) is 1. The molecule has 0 spiro atoms. The zero-order chi connectivity index (χ0) is 12.7. The summed E-state index contributed by atoms with van der Waals surface area (Å²) in [7, 11) is 0. The zero-order valence-electron chi connectivity index (χ0n) is 10.5. The summed E-state index contributed by atoms with van der Waals surface area (Å²) in [5.74, 6) is 0.195. The fraction of sp³-hybridized carbons (Fsp3) is 0.833. The highest BCUT2D eigenvalue weighted by atomic mass is 16.2. The van der Waals surface area contributed by atoms with Crippen LogP contribution in [-0.2, 0) is 4.79 Å². The summed E-state index contributed by atoms with van der Waals surface area (Å²) in [6, 6.07) is 0.177. The Morgan fingerprint density at radius 2 is 2.17 bits per heavy atom. The Kier molecular flexibility index (Phi) is 2.89. The maximum Gasteiger partial charge on any atom is 0.317 e. The van der Waals surface area contributed by atoms with Gasteiger partial charge in [0, 0.05) is 32.2 Å². The first-order chi connectivity index (χ1) is 8.66. The van der Waals surface area contributed by atoms with Crippen molar-refractivity contribution in [3.8, 4) is 0 Å². The van der Waals surface area contributed by atoms with E-state index in [0.717, 1.165) is 19.3 Å². The lowest BCUT2D eigenvalue weighted by molar-refractivity contribution is -0.137. The van der Waals surface area contributed by atoms with Gasteiger partial charge in [0.15, 0.2) is 0 Å². The molecule has 2 aliphatic heterocycles. The molecular formula is C12H20N4O2. The van der Waals surface area contributed by atoms with Crippen molar-refractivity contribution in [3.63, 3.8) is 0 Å². The lowest BCUT2D eigenvalue weighted by Gasteiger charge is -2.38. The van der Waals surface area contributed by atoms with Crippen LogP contribution in [0.1, 0.15) is 19.3 Å². The summed E-state index contributed by atoms with van der Waals surface area (Å²) in [5.41, 5.74) is 5.99. The summed E-state index contributed by atoms with van der Waals surface area (Å²) in [6.45, 7) is 2.59. The van der Waals surface area contributed by atoms with E-state index in [1.54, 1.807) is 0 Å². The van der Waals surface area contributed by atoms with Gasteiger partial charge in [0.2, 0.25) is 5.91 Å². The van der Waals surface area contributed by atoms with Gasteiger partial charge in [-0.3, -0.25) is 4.79 Å². The summed E-state index contributed by atoms with van der Waals surface area (Å²) < 4.78 is 0. The number of hydrogen-bond donors (Lipinski definition) is 2. The van der Waals surface area contributed by atoms with Crippen molar-refractivity contribution in [1.82, 2.24) is 15.1 Å². The minimum absolute atomic E-state index is 0.00149. The summed E-state index contributed by atoms with van der Waals surface area (Å²) >= 11 is 0. The van der Waals surface area contributed by atoms with Crippen LogP contribution in [0.2, 0.25) is 0 Å². The third kappa shape index (κ3) is 1.84. The maximum absolute atomic E-state index is 12.4. The predicted molar refractivity (Wildman–Crippen MR) is 65.8 cm³/mol. The second kappa shape index (κ2) is 4.42. The van der Waals surface area contributed by atoms with Crippen molar-refractivity contribution >= 4 is 11.9 Å². The van der Waals surface area contributed by atoms with Crippen LogP contribution in [0.4, 0.5) is 4.79 Å². The molecule has 100 valence electrons. The Balaban J connectivity index is 1.64. The number of nitrogens with zero attached hydrogens (tertiary/aromatic N) is 2. The number of piperazine rings is 1. The van der Waals surface area contributed by atoms with Crippen molar-refractivity contribution in [2.75, 3.05) is 26.2 Å². The van der Waals surface area contributed by atoms with Gasteiger partial charge in [-0.15, -0.1) is 0 Å². The number of rotatable bonds is 1. The zero-order valence-corrected chi connectivity index (χ0v) is 10.5. The van der Waals surface area contributed by atoms with E-state index in [4.69, 9.17) is 5.73 Å². The lowest BCUT2D eigenvalue weighted by atomic mass is 10.0. The van der Waals surface area contributed by atoms with Crippen molar-refractivity contribution in [2.24, 2.45) is 11.7 Å². The monoisotopic (exact) mass is 252 g/mol. The molecule has 3 rings (SSSR count). The first kappa shape index (κ1) is 11.8. The molecule has 6 nitrogen and oxygen atoms in total. The number of carbonyl (C=O) groups is 2. The molecule has 3 N–H and O–H groups in total. The van der Waals surface area contributed by atoms with E-state index in [0.29, 0.717) is 26.2 Å². The maximum atomic E-state index is 12.4. The van der Waals surface area contributed by atoms with Gasteiger partial charge < -0.3 is 20.9 Å². The third-order valence-electron chi connectivity index (χ3n) is 4.43. The van der Waals surface area contributed by atoms with E-state index < -0.39 is 0 Å².